The zero-order valence-corrected chi connectivity index (χ0v) is 17.3. The molecule has 1 aliphatic heterocycles. The van der Waals surface area contributed by atoms with E-state index >= 15 is 0 Å². The summed E-state index contributed by atoms with van der Waals surface area (Å²) in [5.74, 6) is -0.448. The van der Waals surface area contributed by atoms with E-state index in [0.717, 1.165) is 23.5 Å². The largest absolute Gasteiger partial charge is 0.442 e. The molecular weight excluding hydrogens is 368 g/mol. The van der Waals surface area contributed by atoms with Gasteiger partial charge in [-0.3, -0.25) is 4.79 Å². The summed E-state index contributed by atoms with van der Waals surface area (Å²) in [7, 11) is 0. The molecule has 0 bridgehead atoms. The van der Waals surface area contributed by atoms with E-state index < -0.39 is 12.1 Å². The molecule has 1 atom stereocenters. The number of rotatable bonds is 8. The second-order valence-corrected chi connectivity index (χ2v) is 8.07. The number of unbranched alkanes of at least 4 members (excludes halogenated alkanes) is 4. The predicted octanol–water partition coefficient (Wildman–Crippen LogP) is 6.39. The zero-order chi connectivity index (χ0) is 19.9. The summed E-state index contributed by atoms with van der Waals surface area (Å²) >= 11 is 1.70. The minimum atomic E-state index is -0.872. The van der Waals surface area contributed by atoms with Crippen molar-refractivity contribution in [3.05, 3.63) is 48.0 Å². The molecule has 3 rings (SSSR count). The smallest absolute Gasteiger partial charge is 0.304 e. The van der Waals surface area contributed by atoms with Crippen LogP contribution >= 0.6 is 11.8 Å². The lowest BCUT2D eigenvalue weighted by molar-refractivity contribution is -0.144. The summed E-state index contributed by atoms with van der Waals surface area (Å²) in [6.07, 6.45) is 5.32. The number of nitrogens with zero attached hydrogens (tertiary/aromatic N) is 2. The summed E-state index contributed by atoms with van der Waals surface area (Å²) in [6.45, 7) is 4.53. The predicted molar refractivity (Wildman–Crippen MR) is 113 cm³/mol. The maximum Gasteiger partial charge on any atom is 0.304 e. The van der Waals surface area contributed by atoms with Gasteiger partial charge in [0, 0.05) is 28.8 Å². The van der Waals surface area contributed by atoms with Crippen molar-refractivity contribution >= 4 is 29.1 Å². The van der Waals surface area contributed by atoms with E-state index in [1.807, 2.05) is 18.2 Å². The fourth-order valence-electron chi connectivity index (χ4n) is 3.46. The molecule has 5 heteroatoms. The first-order chi connectivity index (χ1) is 13.6. The summed E-state index contributed by atoms with van der Waals surface area (Å²) in [6, 6.07) is 16.4. The normalized spacial score (nSPS) is 13.2. The highest BCUT2D eigenvalue weighted by molar-refractivity contribution is 7.99. The Morgan fingerprint density at radius 3 is 2.61 bits per heavy atom. The molecule has 1 heterocycles. The van der Waals surface area contributed by atoms with Crippen LogP contribution in [-0.2, 0) is 9.53 Å². The second-order valence-electron chi connectivity index (χ2n) is 6.98. The number of esters is 1. The van der Waals surface area contributed by atoms with Crippen LogP contribution in [0, 0.1) is 11.3 Å². The fourth-order valence-corrected chi connectivity index (χ4v) is 4.61. The number of benzene rings is 2. The molecule has 0 amide bonds. The van der Waals surface area contributed by atoms with Crippen molar-refractivity contribution in [1.82, 2.24) is 0 Å². The highest BCUT2D eigenvalue weighted by Gasteiger charge is 2.25. The molecule has 0 N–H and O–H groups in total. The van der Waals surface area contributed by atoms with Crippen molar-refractivity contribution in [3.8, 4) is 6.07 Å². The summed E-state index contributed by atoms with van der Waals surface area (Å²) in [4.78, 5) is 16.0. The number of para-hydroxylation sites is 1. The van der Waals surface area contributed by atoms with Gasteiger partial charge >= 0.3 is 5.97 Å². The van der Waals surface area contributed by atoms with Crippen molar-refractivity contribution in [2.75, 3.05) is 11.4 Å². The molecule has 0 spiro atoms. The highest BCUT2D eigenvalue weighted by atomic mass is 32.2. The van der Waals surface area contributed by atoms with Crippen molar-refractivity contribution in [2.45, 2.75) is 61.8 Å². The molecule has 0 aromatic heterocycles. The monoisotopic (exact) mass is 394 g/mol. The molecule has 146 valence electrons. The molecule has 4 nitrogen and oxygen atoms in total. The van der Waals surface area contributed by atoms with Gasteiger partial charge in [0.25, 0.3) is 0 Å². The molecule has 28 heavy (non-hydrogen) atoms. The first kappa shape index (κ1) is 20.3. The number of hydrogen-bond donors (Lipinski definition) is 0. The van der Waals surface area contributed by atoms with Crippen LogP contribution in [0.2, 0.25) is 0 Å². The van der Waals surface area contributed by atoms with E-state index in [1.165, 1.54) is 43.2 Å². The average Bonchev–Trinajstić information content (AvgIpc) is 2.70. The summed E-state index contributed by atoms with van der Waals surface area (Å²) in [5.41, 5.74) is 3.11. The maximum absolute atomic E-state index is 11.3. The maximum atomic E-state index is 11.3. The Labute approximate surface area is 171 Å². The van der Waals surface area contributed by atoms with Gasteiger partial charge in [-0.2, -0.15) is 5.26 Å². The molecule has 0 aliphatic carbocycles. The quantitative estimate of drug-likeness (QED) is 0.384. The zero-order valence-electron chi connectivity index (χ0n) is 16.5. The standard InChI is InChI=1S/C23H26N2O2S/c1-3-4-5-6-9-14-25-19-10-7-8-11-22(19)28-23-15-18(12-13-20(23)25)21(16-24)27-17(2)26/h7-8,10-13,15,21H,3-6,9,14H2,1-2H3/t21-/m0/s1. The second kappa shape index (κ2) is 9.66. The van der Waals surface area contributed by atoms with Crippen molar-refractivity contribution in [3.63, 3.8) is 0 Å². The Balaban J connectivity index is 1.86. The van der Waals surface area contributed by atoms with Gasteiger partial charge in [0.15, 0.2) is 0 Å². The van der Waals surface area contributed by atoms with Crippen LogP contribution in [0.5, 0.6) is 0 Å². The molecule has 0 saturated heterocycles. The van der Waals surface area contributed by atoms with E-state index in [4.69, 9.17) is 4.74 Å². The van der Waals surface area contributed by atoms with E-state index in [0.29, 0.717) is 5.56 Å². The minimum Gasteiger partial charge on any atom is -0.442 e. The van der Waals surface area contributed by atoms with Gasteiger partial charge in [0.1, 0.15) is 6.07 Å². The third-order valence-corrected chi connectivity index (χ3v) is 5.95. The molecule has 0 radical (unpaired) electrons. The first-order valence-electron chi connectivity index (χ1n) is 9.89. The number of anilines is 2. The Hall–Kier alpha value is -2.45. The third-order valence-electron chi connectivity index (χ3n) is 4.84. The molecule has 1 aliphatic rings. The van der Waals surface area contributed by atoms with Crippen molar-refractivity contribution in [1.29, 1.82) is 5.26 Å². The van der Waals surface area contributed by atoms with E-state index in [1.54, 1.807) is 11.8 Å². The Kier molecular flexibility index (Phi) is 7.00. The number of carbonyl (C=O) groups excluding carboxylic acids is 1. The fraction of sp³-hybridized carbons (Fsp3) is 0.391. The van der Waals surface area contributed by atoms with Gasteiger partial charge in [-0.1, -0.05) is 62.6 Å². The van der Waals surface area contributed by atoms with Crippen LogP contribution in [0.25, 0.3) is 0 Å². The van der Waals surface area contributed by atoms with Gasteiger partial charge in [-0.15, -0.1) is 0 Å². The number of carbonyl (C=O) groups is 1. The van der Waals surface area contributed by atoms with Crippen LogP contribution in [0.3, 0.4) is 0 Å². The Morgan fingerprint density at radius 2 is 1.86 bits per heavy atom. The van der Waals surface area contributed by atoms with E-state index in [-0.39, 0.29) is 0 Å². The van der Waals surface area contributed by atoms with Gasteiger partial charge in [0.05, 0.1) is 11.4 Å². The molecule has 0 saturated carbocycles. The number of fused-ring (bicyclic) bond motifs is 2. The van der Waals surface area contributed by atoms with Crippen LogP contribution < -0.4 is 4.90 Å². The summed E-state index contributed by atoms with van der Waals surface area (Å²) < 4.78 is 5.15. The third kappa shape index (κ3) is 4.69. The number of nitriles is 1. The molecule has 0 unspecified atom stereocenters. The molecular formula is C23H26N2O2S. The Bertz CT molecular complexity index is 875. The first-order valence-corrected chi connectivity index (χ1v) is 10.7. The van der Waals surface area contributed by atoms with Gasteiger partial charge < -0.3 is 9.64 Å². The molecule has 2 aromatic carbocycles. The lowest BCUT2D eigenvalue weighted by atomic mass is 10.1. The van der Waals surface area contributed by atoms with Crippen LogP contribution in [0.15, 0.2) is 52.3 Å². The molecule has 2 aromatic rings. The molecule has 0 fully saturated rings. The van der Waals surface area contributed by atoms with E-state index in [2.05, 4.69) is 42.2 Å². The Morgan fingerprint density at radius 1 is 1.11 bits per heavy atom. The number of hydrogen-bond acceptors (Lipinski definition) is 5. The topological polar surface area (TPSA) is 53.3 Å². The van der Waals surface area contributed by atoms with Crippen LogP contribution in [0.1, 0.15) is 57.6 Å². The highest BCUT2D eigenvalue weighted by Crippen LogP contribution is 2.48. The van der Waals surface area contributed by atoms with Gasteiger partial charge in [0.2, 0.25) is 6.10 Å². The lowest BCUT2D eigenvalue weighted by Crippen LogP contribution is -2.22. The van der Waals surface area contributed by atoms with Crippen molar-refractivity contribution < 1.29 is 9.53 Å². The minimum absolute atomic E-state index is 0.448. The van der Waals surface area contributed by atoms with Crippen LogP contribution in [-0.4, -0.2) is 12.5 Å². The van der Waals surface area contributed by atoms with E-state index in [9.17, 15) is 10.1 Å². The van der Waals surface area contributed by atoms with Gasteiger partial charge in [-0.25, -0.2) is 0 Å². The number of ether oxygens (including phenoxy) is 1. The summed E-state index contributed by atoms with van der Waals surface area (Å²) in [5, 5.41) is 9.38. The SMILES string of the molecule is CCCCCCCN1c2ccccc2Sc2cc([C@H](C#N)OC(C)=O)ccc21. The average molecular weight is 395 g/mol. The van der Waals surface area contributed by atoms with Crippen molar-refractivity contribution in [2.24, 2.45) is 0 Å². The van der Waals surface area contributed by atoms with Gasteiger partial charge in [-0.05, 0) is 30.7 Å². The lowest BCUT2D eigenvalue weighted by Gasteiger charge is -2.33. The van der Waals surface area contributed by atoms with Crippen LogP contribution in [0.4, 0.5) is 11.4 Å².